The summed E-state index contributed by atoms with van der Waals surface area (Å²) in [6.45, 7) is 1.29. The number of unbranched alkanes of at least 4 members (excludes halogenated alkanes) is 3. The molecule has 0 amide bonds. The Morgan fingerprint density at radius 1 is 0.848 bits per heavy atom. The van der Waals surface area contributed by atoms with Crippen molar-refractivity contribution in [2.75, 3.05) is 31.6 Å². The fraction of sp³-hybridized carbons (Fsp3) is 0.444. The third-order valence-corrected chi connectivity index (χ3v) is 10.4. The van der Waals surface area contributed by atoms with Crippen LogP contribution in [0, 0.1) is 0 Å². The first kappa shape index (κ1) is 35.6. The van der Waals surface area contributed by atoms with Gasteiger partial charge in [0.25, 0.3) is 0 Å². The second kappa shape index (κ2) is 15.6. The number of halogens is 5. The number of nitrogens with zero attached hydrogens (tertiary/aromatic N) is 1. The first-order chi connectivity index (χ1) is 21.8. The molecule has 0 fully saturated rings. The molecule has 4 rings (SSSR count). The van der Waals surface area contributed by atoms with Gasteiger partial charge in [0.2, 0.25) is 0 Å². The Labute approximate surface area is 268 Å². The number of benzene rings is 2. The van der Waals surface area contributed by atoms with Crippen LogP contribution < -0.4 is 0 Å². The molecule has 1 unspecified atom stereocenters. The van der Waals surface area contributed by atoms with Gasteiger partial charge in [-0.15, -0.1) is 0 Å². The molecule has 0 aromatic heterocycles. The van der Waals surface area contributed by atoms with Crippen LogP contribution in [0.2, 0.25) is 0 Å². The number of allylic oxidation sites excluding steroid dienone is 7. The first-order valence-corrected chi connectivity index (χ1v) is 17.6. The maximum atomic E-state index is 13.0. The lowest BCUT2D eigenvalue weighted by Crippen LogP contribution is -2.36. The van der Waals surface area contributed by atoms with E-state index in [4.69, 9.17) is 0 Å². The maximum Gasteiger partial charge on any atom is 0.453 e. The van der Waals surface area contributed by atoms with E-state index in [0.717, 1.165) is 49.8 Å². The van der Waals surface area contributed by atoms with Gasteiger partial charge in [0, 0.05) is 12.3 Å². The van der Waals surface area contributed by atoms with Gasteiger partial charge < -0.3 is 10.0 Å². The van der Waals surface area contributed by atoms with Gasteiger partial charge in [0.05, 0.1) is 11.5 Å². The van der Waals surface area contributed by atoms with Crippen molar-refractivity contribution in [3.8, 4) is 5.75 Å². The molecule has 0 radical (unpaired) electrons. The van der Waals surface area contributed by atoms with E-state index in [1.54, 1.807) is 12.1 Å². The minimum atomic E-state index is -5.66. The number of sulfone groups is 1. The highest BCUT2D eigenvalue weighted by atomic mass is 32.2. The highest BCUT2D eigenvalue weighted by Gasteiger charge is 2.56. The summed E-state index contributed by atoms with van der Waals surface area (Å²) in [6.07, 6.45) is 8.11. The molecule has 46 heavy (non-hydrogen) atoms. The normalized spacial score (nSPS) is 16.8. The average Bonchev–Trinajstić information content (AvgIpc) is 3.17. The predicted octanol–water partition coefficient (Wildman–Crippen LogP) is 9.12. The summed E-state index contributed by atoms with van der Waals surface area (Å²) in [7, 11) is -1.80. The summed E-state index contributed by atoms with van der Waals surface area (Å²) in [5, 5.41) is 10.0. The molecular weight excluding hydrogens is 621 g/mol. The van der Waals surface area contributed by atoms with Gasteiger partial charge in [0.15, 0.2) is 0 Å². The number of aromatic hydroxyl groups is 1. The number of alkyl halides is 5. The second-order valence-corrected chi connectivity index (χ2v) is 14.5. The summed E-state index contributed by atoms with van der Waals surface area (Å²) in [6, 6.07) is 16.0. The first-order valence-electron chi connectivity index (χ1n) is 15.8. The van der Waals surface area contributed by atoms with Crippen LogP contribution in [0.15, 0.2) is 84.0 Å². The molecule has 0 saturated carbocycles. The van der Waals surface area contributed by atoms with Gasteiger partial charge in [-0.1, -0.05) is 79.6 Å². The van der Waals surface area contributed by atoms with E-state index in [0.29, 0.717) is 13.0 Å². The number of rotatable bonds is 16. The van der Waals surface area contributed by atoms with Crippen LogP contribution in [0.4, 0.5) is 22.0 Å². The highest BCUT2D eigenvalue weighted by molar-refractivity contribution is 7.91. The van der Waals surface area contributed by atoms with Crippen LogP contribution in [0.5, 0.6) is 5.75 Å². The number of fused-ring (bicyclic) bond motifs is 3. The van der Waals surface area contributed by atoms with E-state index in [1.807, 2.05) is 30.2 Å². The third kappa shape index (κ3) is 9.64. The molecule has 0 aliphatic heterocycles. The van der Waals surface area contributed by atoms with Crippen LogP contribution in [0.3, 0.4) is 0 Å². The molecule has 1 atom stereocenters. The molecule has 0 heterocycles. The lowest BCUT2D eigenvalue weighted by molar-refractivity contribution is -0.284. The van der Waals surface area contributed by atoms with Gasteiger partial charge in [-0.05, 0) is 97.8 Å². The Bertz CT molecular complexity index is 1560. The van der Waals surface area contributed by atoms with E-state index >= 15 is 0 Å². The van der Waals surface area contributed by atoms with E-state index in [9.17, 15) is 35.5 Å². The van der Waals surface area contributed by atoms with Crippen LogP contribution in [0.25, 0.3) is 11.6 Å². The number of phenolic OH excluding ortho intramolecular Hbond substituents is 1. The highest BCUT2D eigenvalue weighted by Crippen LogP contribution is 2.45. The van der Waals surface area contributed by atoms with Crippen LogP contribution >= 0.6 is 0 Å². The van der Waals surface area contributed by atoms with E-state index < -0.39 is 40.5 Å². The molecule has 0 bridgehead atoms. The zero-order valence-corrected chi connectivity index (χ0v) is 26.9. The Hall–Kier alpha value is -3.24. The van der Waals surface area contributed by atoms with Crippen molar-refractivity contribution in [3.05, 3.63) is 101 Å². The largest absolute Gasteiger partial charge is 0.508 e. The summed E-state index contributed by atoms with van der Waals surface area (Å²) < 4.78 is 87.1. The zero-order chi connectivity index (χ0) is 33.4. The molecule has 1 N–H and O–H groups in total. The van der Waals surface area contributed by atoms with Crippen molar-refractivity contribution in [2.24, 2.45) is 0 Å². The Balaban J connectivity index is 1.22. The topological polar surface area (TPSA) is 57.6 Å². The van der Waals surface area contributed by atoms with Crippen molar-refractivity contribution >= 4 is 21.5 Å². The summed E-state index contributed by atoms with van der Waals surface area (Å²) >= 11 is 0. The minimum absolute atomic E-state index is 0.0919. The van der Waals surface area contributed by atoms with Gasteiger partial charge in [-0.2, -0.15) is 22.0 Å². The molecule has 0 spiro atoms. The second-order valence-electron chi connectivity index (χ2n) is 12.2. The van der Waals surface area contributed by atoms with Crippen molar-refractivity contribution < 1.29 is 35.5 Å². The van der Waals surface area contributed by atoms with Crippen molar-refractivity contribution in [2.45, 2.75) is 69.4 Å². The molecule has 2 aromatic carbocycles. The number of hydrogen-bond donors (Lipinski definition) is 1. The standard InChI is InChI=1S/C36H42F5NO3S/c1-42(23-11-25-46(44,45)24-10-21-35(37,38)36(39,40)41)22-8-3-2-5-14-28-17-19-32-31-20-18-30(43)26-29(31)15-9-16-33(32)34(28)27-12-6-4-7-13-27/h4,6-7,9,12-13,15-20,26,32,43H,2-3,5,8,10-11,14,21-25H2,1H3. The van der Waals surface area contributed by atoms with E-state index in [2.05, 4.69) is 48.6 Å². The lowest BCUT2D eigenvalue weighted by atomic mass is 9.76. The van der Waals surface area contributed by atoms with Gasteiger partial charge in [-0.25, -0.2) is 8.42 Å². The monoisotopic (exact) mass is 663 g/mol. The Morgan fingerprint density at radius 2 is 1.54 bits per heavy atom. The van der Waals surface area contributed by atoms with Gasteiger partial charge in [-0.3, -0.25) is 0 Å². The molecule has 2 aromatic rings. The summed E-state index contributed by atoms with van der Waals surface area (Å²) in [4.78, 5) is 2.02. The predicted molar refractivity (Wildman–Crippen MR) is 175 cm³/mol. The fourth-order valence-corrected chi connectivity index (χ4v) is 7.44. The van der Waals surface area contributed by atoms with Crippen molar-refractivity contribution in [1.29, 1.82) is 0 Å². The summed E-state index contributed by atoms with van der Waals surface area (Å²) in [5.41, 5.74) is 7.14. The molecule has 250 valence electrons. The summed E-state index contributed by atoms with van der Waals surface area (Å²) in [5.74, 6) is -5.44. The smallest absolute Gasteiger partial charge is 0.453 e. The fourth-order valence-electron chi connectivity index (χ4n) is 6.08. The van der Waals surface area contributed by atoms with E-state index in [-0.39, 0.29) is 17.4 Å². The minimum Gasteiger partial charge on any atom is -0.508 e. The molecule has 2 aliphatic carbocycles. The van der Waals surface area contributed by atoms with Crippen LogP contribution in [-0.4, -0.2) is 62.2 Å². The lowest BCUT2D eigenvalue weighted by Gasteiger charge is -2.27. The molecule has 2 aliphatic rings. The van der Waals surface area contributed by atoms with Crippen LogP contribution in [-0.2, 0) is 9.84 Å². The average molecular weight is 664 g/mol. The van der Waals surface area contributed by atoms with Crippen molar-refractivity contribution in [1.82, 2.24) is 4.90 Å². The molecule has 10 heteroatoms. The number of hydrogen-bond acceptors (Lipinski definition) is 4. The molecular formula is C36H42F5NO3S. The van der Waals surface area contributed by atoms with Gasteiger partial charge >= 0.3 is 12.1 Å². The zero-order valence-electron chi connectivity index (χ0n) is 26.1. The van der Waals surface area contributed by atoms with E-state index in [1.165, 1.54) is 22.3 Å². The molecule has 4 nitrogen and oxygen atoms in total. The van der Waals surface area contributed by atoms with Gasteiger partial charge in [0.1, 0.15) is 15.6 Å². The number of phenols is 1. The maximum absolute atomic E-state index is 13.0. The SMILES string of the molecule is CN(CCCCCCC1=C(c2ccccc2)C2=CC=Cc3cc(O)ccc3C2C=C1)CCCS(=O)(=O)CCCC(F)(F)C(F)(F)F. The van der Waals surface area contributed by atoms with Crippen LogP contribution in [0.1, 0.15) is 74.0 Å². The molecule has 0 saturated heterocycles. The van der Waals surface area contributed by atoms with Crippen molar-refractivity contribution in [3.63, 3.8) is 0 Å². The Kier molecular flexibility index (Phi) is 12.1. The third-order valence-electron chi connectivity index (χ3n) is 8.55. The quantitative estimate of drug-likeness (QED) is 0.144. The Morgan fingerprint density at radius 3 is 2.28 bits per heavy atom.